The second kappa shape index (κ2) is 10.7. The molecule has 1 saturated heterocycles. The van der Waals surface area contributed by atoms with Crippen molar-refractivity contribution in [1.82, 2.24) is 0 Å². The molecule has 2 aliphatic heterocycles. The molecule has 2 heterocycles. The Kier molecular flexibility index (Phi) is 7.51. The van der Waals surface area contributed by atoms with E-state index in [1.54, 1.807) is 0 Å². The van der Waals surface area contributed by atoms with Crippen LogP contribution in [0.1, 0.15) is 12.0 Å². The van der Waals surface area contributed by atoms with Crippen LogP contribution >= 0.6 is 0 Å². The van der Waals surface area contributed by atoms with Gasteiger partial charge in [0.1, 0.15) is 28.8 Å². The van der Waals surface area contributed by atoms with Gasteiger partial charge in [0.25, 0.3) is 10.0 Å². The third-order valence-corrected chi connectivity index (χ3v) is 8.67. The summed E-state index contributed by atoms with van der Waals surface area (Å²) in [5.74, 6) is -2.65. The summed E-state index contributed by atoms with van der Waals surface area (Å²) >= 11 is 0. The molecule has 0 saturated carbocycles. The van der Waals surface area contributed by atoms with Gasteiger partial charge in [0.2, 0.25) is 0 Å². The fourth-order valence-corrected chi connectivity index (χ4v) is 6.34. The normalized spacial score (nSPS) is 18.2. The monoisotopic (exact) mass is 617 g/mol. The highest BCUT2D eigenvalue weighted by Gasteiger charge is 2.50. The maximum atomic E-state index is 14.2. The lowest BCUT2D eigenvalue weighted by molar-refractivity contribution is -0.184. The molecule has 1 fully saturated rings. The molecule has 5 rings (SSSR count). The van der Waals surface area contributed by atoms with Gasteiger partial charge in [-0.1, -0.05) is 12.1 Å². The number of benzene rings is 3. The number of halogens is 6. The zero-order chi connectivity index (χ0) is 30.4. The Morgan fingerprint density at radius 3 is 2.43 bits per heavy atom. The Balaban J connectivity index is 1.60. The summed E-state index contributed by atoms with van der Waals surface area (Å²) < 4.78 is 124. The Morgan fingerprint density at radius 2 is 1.81 bits per heavy atom. The third-order valence-electron chi connectivity index (χ3n) is 6.90. The molecular formula is C27H21F6NO7S. The zero-order valence-electron chi connectivity index (χ0n) is 21.3. The lowest BCUT2D eigenvalue weighted by Gasteiger charge is -2.42. The predicted octanol–water partition coefficient (Wildman–Crippen LogP) is 5.56. The van der Waals surface area contributed by atoms with Gasteiger partial charge in [-0.15, -0.1) is 0 Å². The number of rotatable bonds is 8. The van der Waals surface area contributed by atoms with Crippen molar-refractivity contribution in [2.75, 3.05) is 24.1 Å². The average molecular weight is 618 g/mol. The van der Waals surface area contributed by atoms with Gasteiger partial charge in [-0.3, -0.25) is 9.10 Å². The second-order valence-corrected chi connectivity index (χ2v) is 11.7. The predicted molar refractivity (Wildman–Crippen MR) is 134 cm³/mol. The number of carboxylic acids is 1. The quantitative estimate of drug-likeness (QED) is 0.330. The number of sulfonamides is 1. The van der Waals surface area contributed by atoms with E-state index in [0.717, 1.165) is 34.6 Å². The number of fused-ring (bicyclic) bond motifs is 1. The molecular weight excluding hydrogens is 596 g/mol. The molecule has 8 nitrogen and oxygen atoms in total. The van der Waals surface area contributed by atoms with Crippen LogP contribution in [-0.4, -0.2) is 52.0 Å². The van der Waals surface area contributed by atoms with E-state index in [1.165, 1.54) is 18.2 Å². The van der Waals surface area contributed by atoms with Crippen LogP contribution in [0.4, 0.5) is 32.0 Å². The largest absolute Gasteiger partial charge is 0.486 e. The molecule has 42 heavy (non-hydrogen) atoms. The molecule has 15 heteroatoms. The lowest BCUT2D eigenvalue weighted by atomic mass is 9.80. The first kappa shape index (κ1) is 29.5. The van der Waals surface area contributed by atoms with Crippen molar-refractivity contribution < 1.29 is 58.9 Å². The molecule has 3 aromatic rings. The molecule has 224 valence electrons. The summed E-state index contributed by atoms with van der Waals surface area (Å²) in [6.07, 6.45) is -6.04. The highest BCUT2D eigenvalue weighted by molar-refractivity contribution is 7.92. The Morgan fingerprint density at radius 1 is 1.07 bits per heavy atom. The van der Waals surface area contributed by atoms with E-state index >= 15 is 0 Å². The lowest BCUT2D eigenvalue weighted by Crippen LogP contribution is -2.54. The van der Waals surface area contributed by atoms with Crippen LogP contribution in [0.3, 0.4) is 0 Å². The van der Waals surface area contributed by atoms with Crippen molar-refractivity contribution in [3.63, 3.8) is 0 Å². The van der Waals surface area contributed by atoms with Crippen molar-refractivity contribution in [2.24, 2.45) is 5.41 Å². The van der Waals surface area contributed by atoms with E-state index in [-0.39, 0.29) is 42.2 Å². The molecule has 0 aliphatic carbocycles. The van der Waals surface area contributed by atoms with Crippen molar-refractivity contribution in [2.45, 2.75) is 30.2 Å². The molecule has 0 amide bonds. The fourth-order valence-electron chi connectivity index (χ4n) is 4.80. The number of carbonyl (C=O) groups is 1. The molecule has 0 spiro atoms. The van der Waals surface area contributed by atoms with Gasteiger partial charge >= 0.3 is 18.8 Å². The van der Waals surface area contributed by atoms with Gasteiger partial charge in [0.05, 0.1) is 35.9 Å². The van der Waals surface area contributed by atoms with Gasteiger partial charge in [-0.2, -0.15) is 22.0 Å². The molecule has 3 aromatic carbocycles. The first-order chi connectivity index (χ1) is 19.7. The van der Waals surface area contributed by atoms with Crippen LogP contribution in [0.25, 0.3) is 11.1 Å². The summed E-state index contributed by atoms with van der Waals surface area (Å²) in [4.78, 5) is 11.2. The van der Waals surface area contributed by atoms with E-state index in [1.807, 2.05) is 0 Å². The van der Waals surface area contributed by atoms with Crippen LogP contribution in [0.5, 0.6) is 11.5 Å². The number of nitrogens with zero attached hydrogens (tertiary/aromatic N) is 1. The number of hydrogen-bond donors (Lipinski definition) is 1. The molecule has 0 aromatic heterocycles. The molecule has 1 N–H and O–H groups in total. The van der Waals surface area contributed by atoms with E-state index < -0.39 is 68.9 Å². The molecule has 0 radical (unpaired) electrons. The summed E-state index contributed by atoms with van der Waals surface area (Å²) in [6, 6.07) is 9.88. The number of anilines is 1. The maximum absolute atomic E-state index is 14.2. The van der Waals surface area contributed by atoms with Gasteiger partial charge in [-0.05, 0) is 53.6 Å². The van der Waals surface area contributed by atoms with E-state index in [0.29, 0.717) is 12.1 Å². The zero-order valence-corrected chi connectivity index (χ0v) is 22.1. The number of carboxylic acid groups (broad SMARTS) is 1. The Bertz CT molecular complexity index is 1630. The number of ether oxygens (including phenoxy) is 3. The van der Waals surface area contributed by atoms with Gasteiger partial charge in [-0.25, -0.2) is 12.8 Å². The fraction of sp³-hybridized carbons (Fsp3) is 0.296. The van der Waals surface area contributed by atoms with Crippen molar-refractivity contribution >= 4 is 21.7 Å². The highest BCUT2D eigenvalue weighted by atomic mass is 32.2. The number of hydrogen-bond acceptors (Lipinski definition) is 6. The second-order valence-electron chi connectivity index (χ2n) is 9.82. The summed E-state index contributed by atoms with van der Waals surface area (Å²) in [5.41, 5.74) is -2.52. The topological polar surface area (TPSA) is 102 Å². The minimum absolute atomic E-state index is 0.0310. The van der Waals surface area contributed by atoms with Crippen molar-refractivity contribution in [3.05, 3.63) is 72.0 Å². The average Bonchev–Trinajstić information content (AvgIpc) is 2.88. The van der Waals surface area contributed by atoms with E-state index in [4.69, 9.17) is 9.47 Å². The number of alkyl halides is 5. The van der Waals surface area contributed by atoms with Gasteiger partial charge in [0, 0.05) is 12.5 Å². The minimum atomic E-state index is -4.84. The van der Waals surface area contributed by atoms with Crippen molar-refractivity contribution in [1.29, 1.82) is 0 Å². The van der Waals surface area contributed by atoms with Crippen LogP contribution in [-0.2, 0) is 25.7 Å². The van der Waals surface area contributed by atoms with Gasteiger partial charge in [0.15, 0.2) is 0 Å². The molecule has 1 unspecified atom stereocenters. The molecule has 1 atom stereocenters. The Hall–Kier alpha value is -3.98. The Labute approximate surface area is 235 Å². The van der Waals surface area contributed by atoms with Crippen LogP contribution in [0.15, 0.2) is 65.6 Å². The van der Waals surface area contributed by atoms with E-state index in [9.17, 15) is 44.7 Å². The van der Waals surface area contributed by atoms with Crippen molar-refractivity contribution in [3.8, 4) is 22.6 Å². The summed E-state index contributed by atoms with van der Waals surface area (Å²) in [6.45, 7) is -4.00. The first-order valence-corrected chi connectivity index (χ1v) is 13.7. The minimum Gasteiger partial charge on any atom is -0.486 e. The van der Waals surface area contributed by atoms with Crippen LogP contribution in [0.2, 0.25) is 0 Å². The standard InChI is InChI=1S/C27H21F6NO7S/c28-18-6-16(7-19(10-18)41-25(29)30)15-4-5-23-22(8-15)34(12-20(40-23)11-26(24(35)36)13-39-14-26)42(37,38)21-3-1-2-17(9-21)27(31,32)33/h1-10,20,25H,11-14H2,(H,35,36). The number of aliphatic carboxylic acids is 1. The first-order valence-electron chi connectivity index (χ1n) is 12.3. The summed E-state index contributed by atoms with van der Waals surface area (Å²) in [7, 11) is -4.71. The molecule has 0 bridgehead atoms. The van der Waals surface area contributed by atoms with Gasteiger partial charge < -0.3 is 19.3 Å². The van der Waals surface area contributed by atoms with E-state index in [2.05, 4.69) is 4.74 Å². The SMILES string of the molecule is O=C(O)C1(CC2CN(S(=O)(=O)c3cccc(C(F)(F)F)c3)c3cc(-c4cc(F)cc(OC(F)F)c4)ccc3O2)COC1. The van der Waals surface area contributed by atoms with Crippen LogP contribution in [0, 0.1) is 11.2 Å². The molecule has 2 aliphatic rings. The smallest absolute Gasteiger partial charge is 0.416 e. The summed E-state index contributed by atoms with van der Waals surface area (Å²) in [5, 5.41) is 9.72. The third kappa shape index (κ3) is 5.70. The van der Waals surface area contributed by atoms with Crippen LogP contribution < -0.4 is 13.8 Å². The highest BCUT2D eigenvalue weighted by Crippen LogP contribution is 2.44. The maximum Gasteiger partial charge on any atom is 0.416 e.